The number of hydrogen-bond acceptors (Lipinski definition) is 5. The smallest absolute Gasteiger partial charge is 0.303 e. The molecule has 0 saturated carbocycles. The van der Waals surface area contributed by atoms with Crippen molar-refractivity contribution in [3.05, 3.63) is 94.8 Å². The molecule has 0 spiro atoms. The average Bonchev–Trinajstić information content (AvgIpc) is 3.64. The molecule has 176 valence electrons. The molecule has 0 saturated heterocycles. The van der Waals surface area contributed by atoms with Gasteiger partial charge in [0.1, 0.15) is 5.69 Å². The van der Waals surface area contributed by atoms with E-state index in [2.05, 4.69) is 0 Å². The number of hydrogen-bond donors (Lipinski definition) is 1. The van der Waals surface area contributed by atoms with E-state index in [1.54, 1.807) is 11.3 Å². The highest BCUT2D eigenvalue weighted by Crippen LogP contribution is 2.37. The maximum absolute atomic E-state index is 13.1. The summed E-state index contributed by atoms with van der Waals surface area (Å²) >= 11 is 1.59. The summed E-state index contributed by atoms with van der Waals surface area (Å²) in [6.45, 7) is 0. The fourth-order valence-electron chi connectivity index (χ4n) is 4.22. The Balaban J connectivity index is 1.54. The van der Waals surface area contributed by atoms with Crippen molar-refractivity contribution in [1.29, 1.82) is 0 Å². The lowest BCUT2D eigenvalue weighted by Crippen LogP contribution is -2.26. The monoisotopic (exact) mass is 484 g/mol. The number of aliphatic carboxylic acids is 1. The van der Waals surface area contributed by atoms with Gasteiger partial charge >= 0.3 is 5.97 Å². The molecular weight excluding hydrogens is 460 g/mol. The van der Waals surface area contributed by atoms with Gasteiger partial charge in [0, 0.05) is 41.5 Å². The summed E-state index contributed by atoms with van der Waals surface area (Å²) in [5.74, 6) is -1.07. The van der Waals surface area contributed by atoms with E-state index in [1.165, 1.54) is 5.01 Å². The van der Waals surface area contributed by atoms with Crippen molar-refractivity contribution in [3.63, 3.8) is 0 Å². The van der Waals surface area contributed by atoms with Gasteiger partial charge in [-0.15, -0.1) is 11.3 Å². The van der Waals surface area contributed by atoms with Gasteiger partial charge in [0.05, 0.1) is 17.4 Å². The summed E-state index contributed by atoms with van der Waals surface area (Å²) in [6, 6.07) is 23.6. The maximum atomic E-state index is 13.1. The Bertz CT molecular complexity index is 1350. The third-order valence-electron chi connectivity index (χ3n) is 5.91. The van der Waals surface area contributed by atoms with E-state index in [0.717, 1.165) is 33.1 Å². The molecule has 5 rings (SSSR count). The van der Waals surface area contributed by atoms with Crippen LogP contribution in [0.4, 0.5) is 0 Å². The number of rotatable bonds is 8. The van der Waals surface area contributed by atoms with Crippen molar-refractivity contribution >= 4 is 28.9 Å². The highest BCUT2D eigenvalue weighted by molar-refractivity contribution is 7.10. The van der Waals surface area contributed by atoms with Gasteiger partial charge in [-0.2, -0.15) is 10.2 Å². The summed E-state index contributed by atoms with van der Waals surface area (Å²) in [5.41, 5.74) is 4.38. The van der Waals surface area contributed by atoms with E-state index in [-0.39, 0.29) is 31.2 Å². The molecule has 0 bridgehead atoms. The summed E-state index contributed by atoms with van der Waals surface area (Å²) in [6.07, 6.45) is 2.92. The first kappa shape index (κ1) is 22.7. The van der Waals surface area contributed by atoms with Crippen molar-refractivity contribution in [2.24, 2.45) is 5.10 Å². The minimum Gasteiger partial charge on any atom is -0.481 e. The van der Waals surface area contributed by atoms with Crippen molar-refractivity contribution in [1.82, 2.24) is 14.8 Å². The Kier molecular flexibility index (Phi) is 6.54. The maximum Gasteiger partial charge on any atom is 0.303 e. The lowest BCUT2D eigenvalue weighted by atomic mass is 10.00. The molecule has 0 unspecified atom stereocenters. The van der Waals surface area contributed by atoms with Crippen molar-refractivity contribution < 1.29 is 14.7 Å². The topological polar surface area (TPSA) is 87.8 Å². The fourth-order valence-corrected chi connectivity index (χ4v) is 5.03. The number of carboxylic acids is 1. The predicted octanol–water partition coefficient (Wildman–Crippen LogP) is 5.53. The van der Waals surface area contributed by atoms with Crippen LogP contribution >= 0.6 is 11.3 Å². The molecule has 1 amide bonds. The van der Waals surface area contributed by atoms with Crippen molar-refractivity contribution in [2.45, 2.75) is 31.7 Å². The number of benzene rings is 2. The number of carboxylic acid groups (broad SMARTS) is 1. The second-order valence-corrected chi connectivity index (χ2v) is 9.28. The molecule has 1 aliphatic rings. The number of carbonyl (C=O) groups is 2. The number of para-hydroxylation sites is 1. The number of aromatic nitrogens is 2. The Hall–Kier alpha value is -4.04. The van der Waals surface area contributed by atoms with E-state index in [0.29, 0.717) is 6.42 Å². The van der Waals surface area contributed by atoms with Crippen LogP contribution < -0.4 is 0 Å². The van der Waals surface area contributed by atoms with E-state index in [1.807, 2.05) is 89.1 Å². The van der Waals surface area contributed by atoms with Gasteiger partial charge in [-0.25, -0.2) is 9.69 Å². The molecule has 8 heteroatoms. The van der Waals surface area contributed by atoms with E-state index >= 15 is 0 Å². The van der Waals surface area contributed by atoms with Crippen LogP contribution in [0.2, 0.25) is 0 Å². The second kappa shape index (κ2) is 10.1. The fraction of sp³-hybridized carbons (Fsp3) is 0.185. The van der Waals surface area contributed by atoms with Crippen molar-refractivity contribution in [2.75, 3.05) is 0 Å². The highest BCUT2D eigenvalue weighted by Gasteiger charge is 2.35. The molecule has 1 aliphatic heterocycles. The zero-order chi connectivity index (χ0) is 24.2. The lowest BCUT2D eigenvalue weighted by Gasteiger charge is -2.20. The minimum atomic E-state index is -0.904. The second-order valence-electron chi connectivity index (χ2n) is 8.31. The van der Waals surface area contributed by atoms with Crippen LogP contribution in [0.5, 0.6) is 0 Å². The van der Waals surface area contributed by atoms with Crippen molar-refractivity contribution in [3.8, 4) is 16.9 Å². The van der Waals surface area contributed by atoms with Gasteiger partial charge in [-0.1, -0.05) is 54.6 Å². The summed E-state index contributed by atoms with van der Waals surface area (Å²) in [4.78, 5) is 25.1. The van der Waals surface area contributed by atoms with E-state index < -0.39 is 5.97 Å². The molecule has 0 radical (unpaired) electrons. The zero-order valence-corrected chi connectivity index (χ0v) is 19.8. The first-order chi connectivity index (χ1) is 17.1. The third kappa shape index (κ3) is 4.93. The van der Waals surface area contributed by atoms with Gasteiger partial charge in [-0.3, -0.25) is 9.59 Å². The molecule has 2 aromatic heterocycles. The normalized spacial score (nSPS) is 15.3. The standard InChI is InChI=1S/C27H24N4O3S/c32-25(14-7-15-26(33)34)31-23(24-13-8-16-35-24)17-22(28-31)21-18-30(20-11-5-2-6-12-20)29-27(21)19-9-3-1-4-10-19/h1-6,8-13,16,18,23H,7,14-15,17H2,(H,33,34)/t23-/m1/s1. The first-order valence-electron chi connectivity index (χ1n) is 11.5. The molecule has 7 nitrogen and oxygen atoms in total. The van der Waals surface area contributed by atoms with Gasteiger partial charge in [0.2, 0.25) is 5.91 Å². The van der Waals surface area contributed by atoms with Crippen LogP contribution in [-0.4, -0.2) is 37.5 Å². The Labute approximate surface area is 207 Å². The quantitative estimate of drug-likeness (QED) is 0.356. The van der Waals surface area contributed by atoms with Crippen LogP contribution in [0.25, 0.3) is 16.9 Å². The molecule has 0 fully saturated rings. The van der Waals surface area contributed by atoms with Gasteiger partial charge in [-0.05, 0) is 30.0 Å². The highest BCUT2D eigenvalue weighted by atomic mass is 32.1. The van der Waals surface area contributed by atoms with Crippen LogP contribution in [0, 0.1) is 0 Å². The largest absolute Gasteiger partial charge is 0.481 e. The molecule has 1 N–H and O–H groups in total. The average molecular weight is 485 g/mol. The van der Waals surface area contributed by atoms with Gasteiger partial charge < -0.3 is 5.11 Å². The molecule has 35 heavy (non-hydrogen) atoms. The number of thiophene rings is 1. The summed E-state index contributed by atoms with van der Waals surface area (Å²) in [7, 11) is 0. The van der Waals surface area contributed by atoms with Gasteiger partial charge in [0.25, 0.3) is 0 Å². The van der Waals surface area contributed by atoms with Crippen LogP contribution in [0.1, 0.15) is 42.2 Å². The van der Waals surface area contributed by atoms with Gasteiger partial charge in [0.15, 0.2) is 0 Å². The Morgan fingerprint density at radius 3 is 2.40 bits per heavy atom. The molecule has 4 aromatic rings. The zero-order valence-electron chi connectivity index (χ0n) is 18.9. The number of nitrogens with zero attached hydrogens (tertiary/aromatic N) is 4. The predicted molar refractivity (Wildman–Crippen MR) is 136 cm³/mol. The molecule has 3 heterocycles. The Morgan fingerprint density at radius 2 is 1.71 bits per heavy atom. The number of amides is 1. The minimum absolute atomic E-state index is 0.0399. The molecular formula is C27H24N4O3S. The van der Waals surface area contributed by atoms with Crippen LogP contribution in [-0.2, 0) is 9.59 Å². The molecule has 0 aliphatic carbocycles. The number of carbonyl (C=O) groups excluding carboxylic acids is 1. The molecule has 1 atom stereocenters. The van der Waals surface area contributed by atoms with E-state index in [9.17, 15) is 9.59 Å². The molecule has 2 aromatic carbocycles. The SMILES string of the molecule is O=C(O)CCCC(=O)N1N=C(c2cn(-c3ccccc3)nc2-c2ccccc2)C[C@@H]1c1cccs1. The van der Waals surface area contributed by atoms with E-state index in [4.69, 9.17) is 15.3 Å². The Morgan fingerprint density at radius 1 is 0.971 bits per heavy atom. The number of hydrazone groups is 1. The third-order valence-corrected chi connectivity index (χ3v) is 6.89. The summed E-state index contributed by atoms with van der Waals surface area (Å²) in [5, 5.41) is 22.2. The summed E-state index contributed by atoms with van der Waals surface area (Å²) < 4.78 is 1.84. The lowest BCUT2D eigenvalue weighted by molar-refractivity contribution is -0.137. The van der Waals surface area contributed by atoms with Crippen LogP contribution in [0.15, 0.2) is 89.5 Å². The van der Waals surface area contributed by atoms with Crippen LogP contribution in [0.3, 0.4) is 0 Å². The first-order valence-corrected chi connectivity index (χ1v) is 12.3.